The van der Waals surface area contributed by atoms with Crippen LogP contribution in [-0.2, 0) is 0 Å². The van der Waals surface area contributed by atoms with Gasteiger partial charge >= 0.3 is 0 Å². The van der Waals surface area contributed by atoms with Crippen molar-refractivity contribution in [1.29, 1.82) is 0 Å². The summed E-state index contributed by atoms with van der Waals surface area (Å²) in [4.78, 5) is 17.1. The molecule has 0 bridgehead atoms. The van der Waals surface area contributed by atoms with E-state index in [-0.39, 0.29) is 11.7 Å². The normalized spacial score (nSPS) is 14.3. The largest absolute Gasteiger partial charge is 0.368 e. The molecule has 1 aliphatic rings. The fraction of sp³-hybridized carbons (Fsp3) is 0.167. The number of amides is 1. The molecule has 0 spiro atoms. The maximum absolute atomic E-state index is 13.2. The standard InChI is InChI=1S/C24H20FN3O2/c25-19-7-9-20(10-8-19)27-12-14-28(15-13-27)24(29)18-6-11-22-21(16-18)23(30-26-22)17-4-2-1-3-5-17/h1-11,16H,12-15H2. The van der Waals surface area contributed by atoms with Crippen molar-refractivity contribution in [2.24, 2.45) is 0 Å². The first kappa shape index (κ1) is 18.4. The van der Waals surface area contributed by atoms with E-state index in [0.29, 0.717) is 37.5 Å². The number of hydrogen-bond donors (Lipinski definition) is 0. The molecule has 0 N–H and O–H groups in total. The third kappa shape index (κ3) is 3.41. The Hall–Kier alpha value is -3.67. The van der Waals surface area contributed by atoms with Crippen LogP contribution in [0.25, 0.3) is 22.2 Å². The lowest BCUT2D eigenvalue weighted by molar-refractivity contribution is 0.0747. The molecular formula is C24H20FN3O2. The second-order valence-electron chi connectivity index (χ2n) is 7.37. The first-order valence-corrected chi connectivity index (χ1v) is 9.94. The Balaban J connectivity index is 1.34. The maximum atomic E-state index is 13.2. The number of anilines is 1. The van der Waals surface area contributed by atoms with Crippen LogP contribution in [0.2, 0.25) is 0 Å². The summed E-state index contributed by atoms with van der Waals surface area (Å²) in [6.45, 7) is 2.65. The van der Waals surface area contributed by atoms with Crippen molar-refractivity contribution in [1.82, 2.24) is 10.1 Å². The number of aromatic nitrogens is 1. The molecule has 4 aromatic rings. The minimum atomic E-state index is -0.244. The second-order valence-corrected chi connectivity index (χ2v) is 7.37. The van der Waals surface area contributed by atoms with Gasteiger partial charge < -0.3 is 14.3 Å². The van der Waals surface area contributed by atoms with Crippen molar-refractivity contribution in [3.63, 3.8) is 0 Å². The molecule has 150 valence electrons. The SMILES string of the molecule is O=C(c1ccc2noc(-c3ccccc3)c2c1)N1CCN(c2ccc(F)cc2)CC1. The lowest BCUT2D eigenvalue weighted by Crippen LogP contribution is -2.48. The summed E-state index contributed by atoms with van der Waals surface area (Å²) in [6.07, 6.45) is 0. The average Bonchev–Trinajstić information content (AvgIpc) is 3.23. The van der Waals surface area contributed by atoms with Gasteiger partial charge in [0.1, 0.15) is 11.3 Å². The fourth-order valence-corrected chi connectivity index (χ4v) is 3.87. The number of rotatable bonds is 3. The molecule has 0 radical (unpaired) electrons. The first-order valence-electron chi connectivity index (χ1n) is 9.94. The van der Waals surface area contributed by atoms with Gasteiger partial charge in [0.25, 0.3) is 5.91 Å². The summed E-state index contributed by atoms with van der Waals surface area (Å²) in [5.41, 5.74) is 3.25. The summed E-state index contributed by atoms with van der Waals surface area (Å²) in [6, 6.07) is 21.7. The molecule has 0 saturated carbocycles. The molecule has 0 aliphatic carbocycles. The molecule has 1 saturated heterocycles. The Morgan fingerprint density at radius 2 is 1.63 bits per heavy atom. The van der Waals surface area contributed by atoms with Gasteiger partial charge in [-0.2, -0.15) is 0 Å². The Kier molecular flexibility index (Phi) is 4.67. The number of benzene rings is 3. The molecule has 1 fully saturated rings. The van der Waals surface area contributed by atoms with Gasteiger partial charge in [-0.05, 0) is 42.5 Å². The number of hydrogen-bond acceptors (Lipinski definition) is 4. The molecule has 30 heavy (non-hydrogen) atoms. The van der Waals surface area contributed by atoms with Gasteiger partial charge in [0.05, 0.1) is 5.39 Å². The Bertz CT molecular complexity index is 1180. The highest BCUT2D eigenvalue weighted by molar-refractivity contribution is 6.01. The quantitative estimate of drug-likeness (QED) is 0.504. The summed E-state index contributed by atoms with van der Waals surface area (Å²) >= 11 is 0. The summed E-state index contributed by atoms with van der Waals surface area (Å²) < 4.78 is 18.7. The minimum absolute atomic E-state index is 0.00383. The topological polar surface area (TPSA) is 49.6 Å². The summed E-state index contributed by atoms with van der Waals surface area (Å²) in [5, 5.41) is 4.95. The Morgan fingerprint density at radius 3 is 2.37 bits per heavy atom. The van der Waals surface area contributed by atoms with Gasteiger partial charge in [0, 0.05) is 43.0 Å². The smallest absolute Gasteiger partial charge is 0.254 e. The van der Waals surface area contributed by atoms with E-state index in [9.17, 15) is 9.18 Å². The number of carbonyl (C=O) groups is 1. The van der Waals surface area contributed by atoms with Crippen molar-refractivity contribution in [3.05, 3.63) is 84.2 Å². The molecule has 2 heterocycles. The van der Waals surface area contributed by atoms with E-state index < -0.39 is 0 Å². The van der Waals surface area contributed by atoms with Crippen LogP contribution in [0.15, 0.2) is 77.3 Å². The zero-order chi connectivity index (χ0) is 20.5. The molecule has 1 aromatic heterocycles. The van der Waals surface area contributed by atoms with E-state index in [1.807, 2.05) is 47.4 Å². The molecular weight excluding hydrogens is 381 g/mol. The number of carbonyl (C=O) groups excluding carboxylic acids is 1. The number of halogens is 1. The van der Waals surface area contributed by atoms with Crippen molar-refractivity contribution < 1.29 is 13.7 Å². The van der Waals surface area contributed by atoms with Crippen LogP contribution in [0.4, 0.5) is 10.1 Å². The summed E-state index contributed by atoms with van der Waals surface area (Å²) in [5.74, 6) is 0.420. The molecule has 6 heteroatoms. The van der Waals surface area contributed by atoms with Gasteiger partial charge in [-0.3, -0.25) is 4.79 Å². The Morgan fingerprint density at radius 1 is 0.900 bits per heavy atom. The third-order valence-electron chi connectivity index (χ3n) is 5.52. The predicted molar refractivity (Wildman–Crippen MR) is 114 cm³/mol. The number of fused-ring (bicyclic) bond motifs is 1. The highest BCUT2D eigenvalue weighted by Gasteiger charge is 2.23. The molecule has 5 nitrogen and oxygen atoms in total. The average molecular weight is 401 g/mol. The summed E-state index contributed by atoms with van der Waals surface area (Å²) in [7, 11) is 0. The van der Waals surface area contributed by atoms with Crippen LogP contribution < -0.4 is 4.90 Å². The van der Waals surface area contributed by atoms with Crippen LogP contribution in [0.3, 0.4) is 0 Å². The van der Waals surface area contributed by atoms with E-state index in [1.165, 1.54) is 12.1 Å². The van der Waals surface area contributed by atoms with Gasteiger partial charge in [0.2, 0.25) is 0 Å². The van der Waals surface area contributed by atoms with Crippen LogP contribution >= 0.6 is 0 Å². The van der Waals surface area contributed by atoms with Crippen LogP contribution in [0.5, 0.6) is 0 Å². The predicted octanol–water partition coefficient (Wildman–Crippen LogP) is 4.60. The fourth-order valence-electron chi connectivity index (χ4n) is 3.87. The zero-order valence-corrected chi connectivity index (χ0v) is 16.3. The third-order valence-corrected chi connectivity index (χ3v) is 5.52. The van der Waals surface area contributed by atoms with Crippen molar-refractivity contribution >= 4 is 22.5 Å². The molecule has 0 atom stereocenters. The first-order chi connectivity index (χ1) is 14.7. The second kappa shape index (κ2) is 7.63. The molecule has 0 unspecified atom stereocenters. The van der Waals surface area contributed by atoms with E-state index >= 15 is 0 Å². The van der Waals surface area contributed by atoms with Crippen molar-refractivity contribution in [2.45, 2.75) is 0 Å². The molecule has 3 aromatic carbocycles. The molecule has 5 rings (SSSR count). The van der Waals surface area contributed by atoms with Gasteiger partial charge in [-0.1, -0.05) is 35.5 Å². The monoisotopic (exact) mass is 401 g/mol. The van der Waals surface area contributed by atoms with E-state index in [2.05, 4.69) is 10.1 Å². The van der Waals surface area contributed by atoms with Gasteiger partial charge in [-0.25, -0.2) is 4.39 Å². The van der Waals surface area contributed by atoms with Gasteiger partial charge in [-0.15, -0.1) is 0 Å². The number of piperazine rings is 1. The number of nitrogens with zero attached hydrogens (tertiary/aromatic N) is 3. The lowest BCUT2D eigenvalue weighted by atomic mass is 10.1. The minimum Gasteiger partial charge on any atom is -0.368 e. The van der Waals surface area contributed by atoms with E-state index in [1.54, 1.807) is 18.2 Å². The lowest BCUT2D eigenvalue weighted by Gasteiger charge is -2.36. The highest BCUT2D eigenvalue weighted by Crippen LogP contribution is 2.29. The van der Waals surface area contributed by atoms with E-state index in [4.69, 9.17) is 4.52 Å². The maximum Gasteiger partial charge on any atom is 0.254 e. The zero-order valence-electron chi connectivity index (χ0n) is 16.3. The van der Waals surface area contributed by atoms with Crippen LogP contribution in [-0.4, -0.2) is 42.1 Å². The Labute approximate surface area is 173 Å². The highest BCUT2D eigenvalue weighted by atomic mass is 19.1. The molecule has 1 amide bonds. The van der Waals surface area contributed by atoms with Crippen molar-refractivity contribution in [2.75, 3.05) is 31.1 Å². The molecule has 1 aliphatic heterocycles. The van der Waals surface area contributed by atoms with Crippen LogP contribution in [0, 0.1) is 5.82 Å². The van der Waals surface area contributed by atoms with Gasteiger partial charge in [0.15, 0.2) is 5.76 Å². The van der Waals surface area contributed by atoms with Crippen LogP contribution in [0.1, 0.15) is 10.4 Å². The van der Waals surface area contributed by atoms with E-state index in [0.717, 1.165) is 22.2 Å². The van der Waals surface area contributed by atoms with Crippen molar-refractivity contribution in [3.8, 4) is 11.3 Å².